The predicted molar refractivity (Wildman–Crippen MR) is 82.3 cm³/mol. The van der Waals surface area contributed by atoms with Gasteiger partial charge in [-0.05, 0) is 41.5 Å². The molecule has 0 bridgehead atoms. The van der Waals surface area contributed by atoms with E-state index in [2.05, 4.69) is 10.6 Å². The van der Waals surface area contributed by atoms with E-state index in [-0.39, 0.29) is 18.2 Å². The molecule has 0 saturated carbocycles. The van der Waals surface area contributed by atoms with E-state index < -0.39 is 0 Å². The molecule has 22 heavy (non-hydrogen) atoms. The molecule has 0 spiro atoms. The van der Waals surface area contributed by atoms with Gasteiger partial charge in [0.15, 0.2) is 0 Å². The lowest BCUT2D eigenvalue weighted by atomic mass is 10.1. The first-order valence-corrected chi connectivity index (χ1v) is 6.86. The van der Waals surface area contributed by atoms with Gasteiger partial charge in [-0.1, -0.05) is 12.1 Å². The van der Waals surface area contributed by atoms with Crippen molar-refractivity contribution in [2.75, 3.05) is 10.6 Å². The third-order valence-electron chi connectivity index (χ3n) is 3.46. The molecule has 0 aromatic heterocycles. The lowest BCUT2D eigenvalue weighted by molar-refractivity contribution is -0.116. The average molecular weight is 291 g/mol. The van der Waals surface area contributed by atoms with Gasteiger partial charge < -0.3 is 10.6 Å². The molecule has 2 aromatic carbocycles. The molecule has 5 nitrogen and oxygen atoms in total. The normalized spacial score (nSPS) is 12.2. The molecule has 1 aliphatic heterocycles. The monoisotopic (exact) mass is 291 g/mol. The summed E-state index contributed by atoms with van der Waals surface area (Å²) in [5.74, 6) is -0.156. The summed E-state index contributed by atoms with van der Waals surface area (Å²) in [4.78, 5) is 23.4. The van der Waals surface area contributed by atoms with Crippen molar-refractivity contribution in [1.82, 2.24) is 0 Å². The van der Waals surface area contributed by atoms with E-state index in [0.717, 1.165) is 16.8 Å². The fourth-order valence-electron chi connectivity index (χ4n) is 2.41. The number of hydrogen-bond acceptors (Lipinski definition) is 3. The molecular formula is C17H13N3O2. The number of carbonyl (C=O) groups excluding carboxylic acids is 2. The SMILES string of the molecule is N#Cc1ccc(NC(=O)Cc2ccc3c(c2)CC(=O)N3)cc1. The number of hydrogen-bond donors (Lipinski definition) is 2. The molecular weight excluding hydrogens is 278 g/mol. The number of fused-ring (bicyclic) bond motifs is 1. The van der Waals surface area contributed by atoms with E-state index in [1.54, 1.807) is 24.3 Å². The van der Waals surface area contributed by atoms with Gasteiger partial charge in [0.1, 0.15) is 0 Å². The highest BCUT2D eigenvalue weighted by Gasteiger charge is 2.17. The summed E-state index contributed by atoms with van der Waals surface area (Å²) in [6.07, 6.45) is 0.599. The molecule has 5 heteroatoms. The van der Waals surface area contributed by atoms with Gasteiger partial charge in [-0.3, -0.25) is 9.59 Å². The van der Waals surface area contributed by atoms with Gasteiger partial charge in [0, 0.05) is 11.4 Å². The number of amides is 2. The zero-order chi connectivity index (χ0) is 15.5. The summed E-state index contributed by atoms with van der Waals surface area (Å²) in [5, 5.41) is 14.3. The second kappa shape index (κ2) is 5.70. The van der Waals surface area contributed by atoms with Crippen LogP contribution in [0.25, 0.3) is 0 Å². The lowest BCUT2D eigenvalue weighted by Crippen LogP contribution is -2.14. The van der Waals surface area contributed by atoms with Crippen LogP contribution in [0.15, 0.2) is 42.5 Å². The van der Waals surface area contributed by atoms with Crippen LogP contribution in [-0.2, 0) is 22.4 Å². The summed E-state index contributed by atoms with van der Waals surface area (Å²) in [6.45, 7) is 0. The van der Waals surface area contributed by atoms with E-state index >= 15 is 0 Å². The van der Waals surface area contributed by atoms with Crippen LogP contribution in [0.1, 0.15) is 16.7 Å². The molecule has 0 aliphatic carbocycles. The van der Waals surface area contributed by atoms with Crippen LogP contribution in [0.3, 0.4) is 0 Å². The molecule has 0 radical (unpaired) electrons. The maximum atomic E-state index is 12.0. The number of rotatable bonds is 3. The first-order valence-electron chi connectivity index (χ1n) is 6.86. The second-order valence-electron chi connectivity index (χ2n) is 5.13. The van der Waals surface area contributed by atoms with Crippen LogP contribution in [0.5, 0.6) is 0 Å². The van der Waals surface area contributed by atoms with E-state index in [1.807, 2.05) is 24.3 Å². The van der Waals surface area contributed by atoms with Crippen LogP contribution in [0.2, 0.25) is 0 Å². The highest BCUT2D eigenvalue weighted by atomic mass is 16.2. The van der Waals surface area contributed by atoms with Crippen LogP contribution in [0.4, 0.5) is 11.4 Å². The van der Waals surface area contributed by atoms with Crippen molar-refractivity contribution in [1.29, 1.82) is 5.26 Å². The first kappa shape index (κ1) is 13.8. The van der Waals surface area contributed by atoms with Crippen molar-refractivity contribution in [3.63, 3.8) is 0 Å². The zero-order valence-electron chi connectivity index (χ0n) is 11.7. The molecule has 1 aliphatic rings. The van der Waals surface area contributed by atoms with Crippen molar-refractivity contribution in [2.24, 2.45) is 0 Å². The zero-order valence-corrected chi connectivity index (χ0v) is 11.7. The fraction of sp³-hybridized carbons (Fsp3) is 0.118. The standard InChI is InChI=1S/C17H13N3O2/c18-10-11-1-4-14(5-2-11)19-16(21)8-12-3-6-15-13(7-12)9-17(22)20-15/h1-7H,8-9H2,(H,19,21)(H,20,22). The molecule has 108 valence electrons. The van der Waals surface area contributed by atoms with Gasteiger partial charge in [0.25, 0.3) is 0 Å². The molecule has 1 heterocycles. The molecule has 0 saturated heterocycles. The molecule has 2 N–H and O–H groups in total. The van der Waals surface area contributed by atoms with Gasteiger partial charge in [0.2, 0.25) is 11.8 Å². The van der Waals surface area contributed by atoms with Gasteiger partial charge >= 0.3 is 0 Å². The first-order chi connectivity index (χ1) is 10.6. The third-order valence-corrected chi connectivity index (χ3v) is 3.46. The van der Waals surface area contributed by atoms with E-state index in [4.69, 9.17) is 5.26 Å². The summed E-state index contributed by atoms with van der Waals surface area (Å²) in [7, 11) is 0. The largest absolute Gasteiger partial charge is 0.326 e. The van der Waals surface area contributed by atoms with Crippen LogP contribution < -0.4 is 10.6 Å². The Balaban J connectivity index is 1.66. The minimum Gasteiger partial charge on any atom is -0.326 e. The lowest BCUT2D eigenvalue weighted by Gasteiger charge is -2.06. The Morgan fingerprint density at radius 3 is 2.73 bits per heavy atom. The number of benzene rings is 2. The minimum atomic E-state index is -0.137. The highest BCUT2D eigenvalue weighted by Crippen LogP contribution is 2.24. The third kappa shape index (κ3) is 2.96. The van der Waals surface area contributed by atoms with Crippen LogP contribution >= 0.6 is 0 Å². The minimum absolute atomic E-state index is 0.0193. The summed E-state index contributed by atoms with van der Waals surface area (Å²) in [5.41, 5.74) is 3.81. The summed E-state index contributed by atoms with van der Waals surface area (Å²) >= 11 is 0. The number of carbonyl (C=O) groups is 2. The van der Waals surface area contributed by atoms with E-state index in [1.165, 1.54) is 0 Å². The van der Waals surface area contributed by atoms with Crippen molar-refractivity contribution >= 4 is 23.2 Å². The van der Waals surface area contributed by atoms with E-state index in [0.29, 0.717) is 17.7 Å². The van der Waals surface area contributed by atoms with Crippen LogP contribution in [0, 0.1) is 11.3 Å². The molecule has 0 unspecified atom stereocenters. The number of nitrogens with one attached hydrogen (secondary N) is 2. The number of nitrogens with zero attached hydrogens (tertiary/aromatic N) is 1. The Kier molecular flexibility index (Phi) is 3.58. The van der Waals surface area contributed by atoms with Gasteiger partial charge in [-0.25, -0.2) is 0 Å². The number of anilines is 2. The average Bonchev–Trinajstić information content (AvgIpc) is 2.87. The van der Waals surface area contributed by atoms with E-state index in [9.17, 15) is 9.59 Å². The second-order valence-corrected chi connectivity index (χ2v) is 5.13. The topological polar surface area (TPSA) is 82.0 Å². The Hall–Kier alpha value is -3.13. The maximum absolute atomic E-state index is 12.0. The Bertz CT molecular complexity index is 789. The van der Waals surface area contributed by atoms with Crippen molar-refractivity contribution in [3.05, 3.63) is 59.2 Å². The Morgan fingerprint density at radius 2 is 2.00 bits per heavy atom. The highest BCUT2D eigenvalue weighted by molar-refractivity contribution is 5.99. The number of nitriles is 1. The smallest absolute Gasteiger partial charge is 0.228 e. The molecule has 2 aromatic rings. The maximum Gasteiger partial charge on any atom is 0.228 e. The van der Waals surface area contributed by atoms with Gasteiger partial charge in [0.05, 0.1) is 24.5 Å². The molecule has 0 atom stereocenters. The Morgan fingerprint density at radius 1 is 1.23 bits per heavy atom. The molecule has 2 amide bonds. The molecule has 3 rings (SSSR count). The summed E-state index contributed by atoms with van der Waals surface area (Å²) in [6, 6.07) is 14.3. The van der Waals surface area contributed by atoms with Crippen molar-refractivity contribution in [2.45, 2.75) is 12.8 Å². The van der Waals surface area contributed by atoms with Gasteiger partial charge in [-0.15, -0.1) is 0 Å². The molecule has 0 fully saturated rings. The van der Waals surface area contributed by atoms with Crippen molar-refractivity contribution < 1.29 is 9.59 Å². The Labute approximate surface area is 127 Å². The fourth-order valence-corrected chi connectivity index (χ4v) is 2.41. The van der Waals surface area contributed by atoms with Crippen molar-refractivity contribution in [3.8, 4) is 6.07 Å². The van der Waals surface area contributed by atoms with Crippen LogP contribution in [-0.4, -0.2) is 11.8 Å². The van der Waals surface area contributed by atoms with Gasteiger partial charge in [-0.2, -0.15) is 5.26 Å². The summed E-state index contributed by atoms with van der Waals surface area (Å²) < 4.78 is 0. The predicted octanol–water partition coefficient (Wildman–Crippen LogP) is 2.23. The quantitative estimate of drug-likeness (QED) is 0.909.